The van der Waals surface area contributed by atoms with E-state index in [0.29, 0.717) is 60.2 Å². The molecule has 0 saturated carbocycles. The highest BCUT2D eigenvalue weighted by molar-refractivity contribution is 6.07. The summed E-state index contributed by atoms with van der Waals surface area (Å²) in [6.45, 7) is 3.64. The largest absolute Gasteiger partial charge is 0.493 e. The predicted octanol–water partition coefficient (Wildman–Crippen LogP) is 3.52. The lowest BCUT2D eigenvalue weighted by molar-refractivity contribution is -0.111. The second-order valence-corrected chi connectivity index (χ2v) is 6.63. The Bertz CT molecular complexity index is 917. The number of nitrogens with one attached hydrogen (secondary N) is 2. The Labute approximate surface area is 188 Å². The van der Waals surface area contributed by atoms with Gasteiger partial charge in [-0.05, 0) is 49.2 Å². The van der Waals surface area contributed by atoms with Crippen LogP contribution in [0, 0.1) is 0 Å². The zero-order valence-corrected chi connectivity index (χ0v) is 18.9. The number of ether oxygens (including phenoxy) is 4. The molecule has 0 unspecified atom stereocenters. The highest BCUT2D eigenvalue weighted by Crippen LogP contribution is 2.38. The first-order valence-electron chi connectivity index (χ1n) is 10.3. The summed E-state index contributed by atoms with van der Waals surface area (Å²) >= 11 is 0. The molecule has 0 saturated heterocycles. The molecule has 8 nitrogen and oxygen atoms in total. The summed E-state index contributed by atoms with van der Waals surface area (Å²) in [5, 5.41) is 5.59. The first-order valence-corrected chi connectivity index (χ1v) is 10.3. The van der Waals surface area contributed by atoms with Crippen LogP contribution in [-0.4, -0.2) is 52.9 Å². The summed E-state index contributed by atoms with van der Waals surface area (Å²) in [6, 6.07) is 10.3. The van der Waals surface area contributed by atoms with Crippen LogP contribution in [0.2, 0.25) is 0 Å². The molecule has 2 aromatic rings. The zero-order valence-electron chi connectivity index (χ0n) is 18.9. The first kappa shape index (κ1) is 24.7. The first-order chi connectivity index (χ1) is 15.5. The van der Waals surface area contributed by atoms with Crippen molar-refractivity contribution in [3.05, 3.63) is 53.6 Å². The van der Waals surface area contributed by atoms with Crippen molar-refractivity contribution in [2.45, 2.75) is 13.3 Å². The third-order valence-electron chi connectivity index (χ3n) is 4.50. The van der Waals surface area contributed by atoms with E-state index in [9.17, 15) is 9.59 Å². The maximum Gasteiger partial charge on any atom is 0.253 e. The second kappa shape index (κ2) is 13.0. The van der Waals surface area contributed by atoms with Gasteiger partial charge in [-0.1, -0.05) is 12.1 Å². The minimum absolute atomic E-state index is 0.258. The number of hydrogen-bond donors (Lipinski definition) is 2. The van der Waals surface area contributed by atoms with Crippen LogP contribution in [0.25, 0.3) is 6.08 Å². The van der Waals surface area contributed by atoms with Gasteiger partial charge in [-0.2, -0.15) is 0 Å². The van der Waals surface area contributed by atoms with Crippen molar-refractivity contribution >= 4 is 23.6 Å². The number of rotatable bonds is 12. The van der Waals surface area contributed by atoms with Gasteiger partial charge in [0.15, 0.2) is 11.5 Å². The predicted molar refractivity (Wildman–Crippen MR) is 124 cm³/mol. The zero-order chi connectivity index (χ0) is 23.3. The van der Waals surface area contributed by atoms with Crippen LogP contribution in [-0.2, 0) is 9.53 Å². The summed E-state index contributed by atoms with van der Waals surface area (Å²) in [5.74, 6) is 0.802. The van der Waals surface area contributed by atoms with Crippen molar-refractivity contribution in [1.29, 1.82) is 0 Å². The molecule has 0 aliphatic rings. The van der Waals surface area contributed by atoms with Crippen molar-refractivity contribution in [1.82, 2.24) is 5.32 Å². The Morgan fingerprint density at radius 2 is 1.69 bits per heavy atom. The van der Waals surface area contributed by atoms with Crippen molar-refractivity contribution in [3.8, 4) is 17.2 Å². The molecule has 2 N–H and O–H groups in total. The Hall–Kier alpha value is -3.52. The van der Waals surface area contributed by atoms with Gasteiger partial charge in [0.25, 0.3) is 5.91 Å². The molecule has 0 aliphatic carbocycles. The van der Waals surface area contributed by atoms with Crippen LogP contribution in [0.1, 0.15) is 29.3 Å². The number of carbonyl (C=O) groups is 2. The van der Waals surface area contributed by atoms with Crippen LogP contribution in [0.4, 0.5) is 5.69 Å². The van der Waals surface area contributed by atoms with E-state index in [1.54, 1.807) is 42.5 Å². The lowest BCUT2D eigenvalue weighted by Crippen LogP contribution is -2.26. The molecule has 0 aromatic heterocycles. The van der Waals surface area contributed by atoms with Gasteiger partial charge in [-0.3, -0.25) is 9.59 Å². The van der Waals surface area contributed by atoms with Crippen LogP contribution in [0.15, 0.2) is 42.5 Å². The summed E-state index contributed by atoms with van der Waals surface area (Å²) in [6.07, 6.45) is 3.71. The molecule has 0 atom stereocenters. The van der Waals surface area contributed by atoms with E-state index in [-0.39, 0.29) is 11.8 Å². The highest BCUT2D eigenvalue weighted by Gasteiger charge is 2.13. The standard InChI is InChI=1S/C24H30N2O6/c1-5-32-14-8-13-25-24(28)18-9-6-7-10-19(18)26-22(27)12-11-17-15-20(29-2)23(31-4)21(16-17)30-3/h6-7,9-12,15-16H,5,8,13-14H2,1-4H3,(H,25,28)(H,26,27)/b12-11+. The molecular weight excluding hydrogens is 412 g/mol. The van der Waals surface area contributed by atoms with Crippen molar-refractivity contribution in [3.63, 3.8) is 0 Å². The highest BCUT2D eigenvalue weighted by atomic mass is 16.5. The number of benzene rings is 2. The molecule has 172 valence electrons. The molecule has 0 radical (unpaired) electrons. The van der Waals surface area contributed by atoms with Crippen molar-refractivity contribution in [2.75, 3.05) is 46.4 Å². The van der Waals surface area contributed by atoms with E-state index >= 15 is 0 Å². The molecule has 32 heavy (non-hydrogen) atoms. The lowest BCUT2D eigenvalue weighted by atomic mass is 10.1. The molecule has 8 heteroatoms. The Morgan fingerprint density at radius 3 is 2.31 bits per heavy atom. The van der Waals surface area contributed by atoms with Gasteiger partial charge in [0.05, 0.1) is 32.6 Å². The molecule has 2 amide bonds. The molecule has 0 aliphatic heterocycles. The summed E-state index contributed by atoms with van der Waals surface area (Å²) in [7, 11) is 4.57. The summed E-state index contributed by atoms with van der Waals surface area (Å²) < 4.78 is 21.2. The number of hydrogen-bond acceptors (Lipinski definition) is 6. The fourth-order valence-electron chi connectivity index (χ4n) is 2.95. The van der Waals surface area contributed by atoms with Crippen molar-refractivity contribution < 1.29 is 28.5 Å². The van der Waals surface area contributed by atoms with Gasteiger partial charge in [0, 0.05) is 25.8 Å². The quantitative estimate of drug-likeness (QED) is 0.386. The SMILES string of the molecule is CCOCCCNC(=O)c1ccccc1NC(=O)/C=C/c1cc(OC)c(OC)c(OC)c1. The van der Waals surface area contributed by atoms with E-state index in [1.165, 1.54) is 27.4 Å². The summed E-state index contributed by atoms with van der Waals surface area (Å²) in [4.78, 5) is 25.0. The van der Waals surface area contributed by atoms with E-state index in [1.807, 2.05) is 6.92 Å². The molecule has 0 spiro atoms. The third kappa shape index (κ3) is 7.02. The number of carbonyl (C=O) groups excluding carboxylic acids is 2. The van der Waals surface area contributed by atoms with Crippen molar-refractivity contribution in [2.24, 2.45) is 0 Å². The Morgan fingerprint density at radius 1 is 1.00 bits per heavy atom. The van der Waals surface area contributed by atoms with Gasteiger partial charge >= 0.3 is 0 Å². The fraction of sp³-hybridized carbons (Fsp3) is 0.333. The van der Waals surface area contributed by atoms with Gasteiger partial charge in [-0.15, -0.1) is 0 Å². The molecule has 0 heterocycles. The van der Waals surface area contributed by atoms with E-state index in [0.717, 1.165) is 0 Å². The summed E-state index contributed by atoms with van der Waals surface area (Å²) in [5.41, 5.74) is 1.50. The number of anilines is 1. The smallest absolute Gasteiger partial charge is 0.253 e. The van der Waals surface area contributed by atoms with Gasteiger partial charge in [0.2, 0.25) is 11.7 Å². The molecular formula is C24H30N2O6. The van der Waals surface area contributed by atoms with Crippen LogP contribution >= 0.6 is 0 Å². The number of amides is 2. The minimum Gasteiger partial charge on any atom is -0.493 e. The normalized spacial score (nSPS) is 10.6. The van der Waals surface area contributed by atoms with Gasteiger partial charge in [-0.25, -0.2) is 0 Å². The van der Waals surface area contributed by atoms with E-state index in [2.05, 4.69) is 10.6 Å². The van der Waals surface area contributed by atoms with Gasteiger partial charge in [0.1, 0.15) is 0 Å². The van der Waals surface area contributed by atoms with Gasteiger partial charge < -0.3 is 29.6 Å². The third-order valence-corrected chi connectivity index (χ3v) is 4.50. The van der Waals surface area contributed by atoms with Crippen LogP contribution in [0.5, 0.6) is 17.2 Å². The maximum absolute atomic E-state index is 12.5. The van der Waals surface area contributed by atoms with E-state index in [4.69, 9.17) is 18.9 Å². The van der Waals surface area contributed by atoms with Crippen LogP contribution in [0.3, 0.4) is 0 Å². The Kier molecular flexibility index (Phi) is 10.1. The monoisotopic (exact) mass is 442 g/mol. The average molecular weight is 443 g/mol. The fourth-order valence-corrected chi connectivity index (χ4v) is 2.95. The van der Waals surface area contributed by atoms with Crippen LogP contribution < -0.4 is 24.8 Å². The second-order valence-electron chi connectivity index (χ2n) is 6.63. The molecule has 0 fully saturated rings. The molecule has 0 bridgehead atoms. The molecule has 2 aromatic carbocycles. The topological polar surface area (TPSA) is 95.1 Å². The van der Waals surface area contributed by atoms with E-state index < -0.39 is 0 Å². The average Bonchev–Trinajstić information content (AvgIpc) is 2.82. The lowest BCUT2D eigenvalue weighted by Gasteiger charge is -2.13. The number of methoxy groups -OCH3 is 3. The Balaban J connectivity index is 2.07. The molecule has 2 rings (SSSR count). The minimum atomic E-state index is -0.379. The number of para-hydroxylation sites is 1. The maximum atomic E-state index is 12.5.